The first-order chi connectivity index (χ1) is 13.4. The lowest BCUT2D eigenvalue weighted by molar-refractivity contribution is 0.412. The summed E-state index contributed by atoms with van der Waals surface area (Å²) in [6, 6.07) is 5.17. The molecule has 0 aliphatic rings. The Balaban J connectivity index is 2.54. The largest absolute Gasteiger partial charge is 0.238 e. The lowest BCUT2D eigenvalue weighted by Crippen LogP contribution is -2.14. The highest BCUT2D eigenvalue weighted by Gasteiger charge is 2.30. The van der Waals surface area contributed by atoms with Gasteiger partial charge in [-0.3, -0.25) is 0 Å². The van der Waals surface area contributed by atoms with Crippen LogP contribution in [0.1, 0.15) is 0 Å². The number of sulfonamides is 1. The minimum absolute atomic E-state index is 0.462. The number of primary sulfonamides is 1. The molecule has 0 unspecified atom stereocenters. The van der Waals surface area contributed by atoms with Gasteiger partial charge in [0.1, 0.15) is 16.7 Å². The predicted molar refractivity (Wildman–Crippen MR) is 93.4 cm³/mol. The summed E-state index contributed by atoms with van der Waals surface area (Å²) in [5.74, 6) is -11.3. The quantitative estimate of drug-likeness (QED) is 0.340. The van der Waals surface area contributed by atoms with Crippen LogP contribution in [0.4, 0.5) is 26.3 Å². The molecule has 0 radical (unpaired) electrons. The van der Waals surface area contributed by atoms with Crippen LogP contribution in [0, 0.1) is 34.9 Å². The van der Waals surface area contributed by atoms with Gasteiger partial charge in [-0.1, -0.05) is 29.8 Å². The highest BCUT2D eigenvalue weighted by molar-refractivity contribution is 7.89. The smallest absolute Gasteiger partial charge is 0.225 e. The summed E-state index contributed by atoms with van der Waals surface area (Å²) < 4.78 is 109. The first-order valence-corrected chi connectivity index (χ1v) is 9.50. The van der Waals surface area contributed by atoms with Crippen molar-refractivity contribution in [2.24, 2.45) is 5.14 Å². The fourth-order valence-corrected chi connectivity index (χ4v) is 3.63. The Bertz CT molecular complexity index is 1240. The van der Waals surface area contributed by atoms with Crippen molar-refractivity contribution in [2.45, 2.75) is 4.90 Å². The first-order valence-electron chi connectivity index (χ1n) is 7.58. The maximum atomic E-state index is 14.7. The van der Waals surface area contributed by atoms with Gasteiger partial charge in [0, 0.05) is 16.7 Å². The Kier molecular flexibility index (Phi) is 5.37. The first kappa shape index (κ1) is 21.2. The van der Waals surface area contributed by atoms with Crippen molar-refractivity contribution in [3.05, 3.63) is 76.3 Å². The molecule has 3 aromatic carbocycles. The lowest BCUT2D eigenvalue weighted by atomic mass is 9.92. The molecule has 0 saturated carbocycles. The van der Waals surface area contributed by atoms with Crippen molar-refractivity contribution in [3.8, 4) is 22.3 Å². The molecule has 152 valence electrons. The van der Waals surface area contributed by atoms with Gasteiger partial charge in [-0.25, -0.2) is 39.9 Å². The minimum atomic E-state index is -4.53. The van der Waals surface area contributed by atoms with E-state index in [1.807, 2.05) is 0 Å². The van der Waals surface area contributed by atoms with Crippen LogP contribution in [0.3, 0.4) is 0 Å². The van der Waals surface area contributed by atoms with Crippen molar-refractivity contribution in [2.75, 3.05) is 0 Å². The third-order valence-electron chi connectivity index (χ3n) is 4.00. The predicted octanol–water partition coefficient (Wildman–Crippen LogP) is 5.16. The van der Waals surface area contributed by atoms with Crippen molar-refractivity contribution >= 4 is 21.6 Å². The summed E-state index contributed by atoms with van der Waals surface area (Å²) in [6.07, 6.45) is 0. The molecule has 3 nitrogen and oxygen atoms in total. The second-order valence-electron chi connectivity index (χ2n) is 5.80. The van der Waals surface area contributed by atoms with Gasteiger partial charge in [0.15, 0.2) is 23.3 Å². The zero-order chi connectivity index (χ0) is 21.7. The Morgan fingerprint density at radius 3 is 1.76 bits per heavy atom. The van der Waals surface area contributed by atoms with E-state index >= 15 is 0 Å². The summed E-state index contributed by atoms with van der Waals surface area (Å²) in [7, 11) is -4.53. The average Bonchev–Trinajstić information content (AvgIpc) is 2.66. The van der Waals surface area contributed by atoms with Gasteiger partial charge in [-0.05, 0) is 23.8 Å². The molecule has 0 spiro atoms. The zero-order valence-corrected chi connectivity index (χ0v) is 15.5. The fraction of sp³-hybridized carbons (Fsp3) is 0. The molecule has 3 aromatic rings. The van der Waals surface area contributed by atoms with Gasteiger partial charge in [-0.15, -0.1) is 0 Å². The molecular weight excluding hydrogens is 444 g/mol. The highest BCUT2D eigenvalue weighted by atomic mass is 35.5. The highest BCUT2D eigenvalue weighted by Crippen LogP contribution is 2.42. The maximum absolute atomic E-state index is 14.7. The van der Waals surface area contributed by atoms with E-state index in [0.29, 0.717) is 12.1 Å². The lowest BCUT2D eigenvalue weighted by Gasteiger charge is -2.17. The number of halogens is 7. The molecule has 0 aliphatic carbocycles. The summed E-state index contributed by atoms with van der Waals surface area (Å²) in [5.41, 5.74) is -3.60. The Labute approximate surface area is 165 Å². The van der Waals surface area contributed by atoms with Crippen LogP contribution in [0.2, 0.25) is 5.02 Å². The Hall–Kier alpha value is -2.56. The van der Waals surface area contributed by atoms with E-state index in [0.717, 1.165) is 12.1 Å². The van der Waals surface area contributed by atoms with E-state index < -0.39 is 77.1 Å². The fourth-order valence-electron chi connectivity index (χ4n) is 2.78. The molecule has 29 heavy (non-hydrogen) atoms. The Morgan fingerprint density at radius 2 is 1.24 bits per heavy atom. The van der Waals surface area contributed by atoms with Crippen LogP contribution >= 0.6 is 11.6 Å². The normalized spacial score (nSPS) is 11.7. The topological polar surface area (TPSA) is 60.2 Å². The SMILES string of the molecule is NS(=O)(=O)c1ccccc1-c1c(F)c(F)c(F)c(F)c1-c1cc(F)c(Cl)c(F)c1. The Morgan fingerprint density at radius 1 is 0.759 bits per heavy atom. The van der Waals surface area contributed by atoms with Crippen LogP contribution in [-0.4, -0.2) is 8.42 Å². The molecule has 11 heteroatoms. The number of benzene rings is 3. The summed E-state index contributed by atoms with van der Waals surface area (Å²) in [5, 5.41) is 4.09. The molecule has 0 fully saturated rings. The molecule has 0 bridgehead atoms. The summed E-state index contributed by atoms with van der Waals surface area (Å²) >= 11 is 5.36. The van der Waals surface area contributed by atoms with Gasteiger partial charge >= 0.3 is 0 Å². The number of nitrogens with two attached hydrogens (primary N) is 1. The van der Waals surface area contributed by atoms with Gasteiger partial charge < -0.3 is 0 Å². The molecule has 2 N–H and O–H groups in total. The molecule has 0 aromatic heterocycles. The van der Waals surface area contributed by atoms with Crippen molar-refractivity contribution in [1.82, 2.24) is 0 Å². The van der Waals surface area contributed by atoms with Gasteiger partial charge in [0.25, 0.3) is 0 Å². The second-order valence-corrected chi connectivity index (χ2v) is 7.71. The van der Waals surface area contributed by atoms with Crippen molar-refractivity contribution in [1.29, 1.82) is 0 Å². The van der Waals surface area contributed by atoms with E-state index in [4.69, 9.17) is 16.7 Å². The van der Waals surface area contributed by atoms with Crippen LogP contribution in [0.5, 0.6) is 0 Å². The molecule has 0 heterocycles. The molecule has 3 rings (SSSR count). The second kappa shape index (κ2) is 7.36. The summed E-state index contributed by atoms with van der Waals surface area (Å²) in [6.45, 7) is 0. The number of hydrogen-bond acceptors (Lipinski definition) is 2. The van der Waals surface area contributed by atoms with Gasteiger partial charge in [0.05, 0.1) is 4.90 Å². The minimum Gasteiger partial charge on any atom is -0.225 e. The summed E-state index contributed by atoms with van der Waals surface area (Å²) in [4.78, 5) is -0.750. The standard InChI is InChI=1S/C18H8ClF6NO2S/c19-14-9(20)5-7(6-10(14)21)12-13(16(23)18(25)17(24)15(12)22)8-3-1-2-4-11(8)29(26,27)28/h1-6H,(H2,26,27,28). The van der Waals surface area contributed by atoms with Crippen molar-refractivity contribution in [3.63, 3.8) is 0 Å². The molecule has 0 amide bonds. The van der Waals surface area contributed by atoms with E-state index in [2.05, 4.69) is 0 Å². The maximum Gasteiger partial charge on any atom is 0.238 e. The molecule has 0 saturated heterocycles. The third kappa shape index (κ3) is 3.59. The number of rotatable bonds is 3. The zero-order valence-electron chi connectivity index (χ0n) is 13.9. The molecular formula is C18H8ClF6NO2S. The third-order valence-corrected chi connectivity index (χ3v) is 5.33. The van der Waals surface area contributed by atoms with Crippen LogP contribution < -0.4 is 5.14 Å². The van der Waals surface area contributed by atoms with Gasteiger partial charge in [0.2, 0.25) is 10.0 Å². The van der Waals surface area contributed by atoms with E-state index in [9.17, 15) is 34.8 Å². The monoisotopic (exact) mass is 451 g/mol. The number of hydrogen-bond donors (Lipinski definition) is 1. The van der Waals surface area contributed by atoms with Crippen LogP contribution in [0.15, 0.2) is 41.3 Å². The molecule has 0 aliphatic heterocycles. The van der Waals surface area contributed by atoms with E-state index in [1.54, 1.807) is 0 Å². The van der Waals surface area contributed by atoms with E-state index in [-0.39, 0.29) is 0 Å². The molecule has 0 atom stereocenters. The van der Waals surface area contributed by atoms with Gasteiger partial charge in [-0.2, -0.15) is 0 Å². The van der Waals surface area contributed by atoms with Crippen LogP contribution in [0.25, 0.3) is 22.3 Å². The average molecular weight is 452 g/mol. The van der Waals surface area contributed by atoms with E-state index in [1.165, 1.54) is 12.1 Å². The van der Waals surface area contributed by atoms with Crippen LogP contribution in [-0.2, 0) is 10.0 Å². The van der Waals surface area contributed by atoms with Crippen molar-refractivity contribution < 1.29 is 34.8 Å².